The third kappa shape index (κ3) is 3.59. The highest BCUT2D eigenvalue weighted by Gasteiger charge is 2.39. The third-order valence-corrected chi connectivity index (χ3v) is 5.00. The fourth-order valence-corrected chi connectivity index (χ4v) is 3.77. The molecule has 2 amide bonds. The van der Waals surface area contributed by atoms with Gasteiger partial charge in [-0.1, -0.05) is 19.9 Å². The van der Waals surface area contributed by atoms with Crippen LogP contribution in [0.1, 0.15) is 44.0 Å². The Bertz CT molecular complexity index is 725. The van der Waals surface area contributed by atoms with Crippen molar-refractivity contribution in [1.29, 1.82) is 0 Å². The maximum Gasteiger partial charge on any atom is 0.249 e. The van der Waals surface area contributed by atoms with E-state index in [9.17, 15) is 14.4 Å². The molecule has 0 bridgehead atoms. The number of amides is 2. The molecule has 1 aromatic rings. The fraction of sp³-hybridized carbons (Fsp3) is 0.389. The van der Waals surface area contributed by atoms with Crippen molar-refractivity contribution in [2.45, 2.75) is 39.7 Å². The highest BCUT2D eigenvalue weighted by Crippen LogP contribution is 2.39. The lowest BCUT2D eigenvalue weighted by Crippen LogP contribution is -2.45. The van der Waals surface area contributed by atoms with E-state index < -0.39 is 5.91 Å². The standard InChI is InChI=1S/C18H21BrN2O3/c1-4-12-15(8-18(2,3)9-16(12)23)21(10-22)11-5-6-13(17(20)24)14(19)7-11/h4-7,10,15H,8-9H2,1-3H3,(H2,20,24)/b12-4-. The second-order valence-corrected chi connectivity index (χ2v) is 7.62. The predicted octanol–water partition coefficient (Wildman–Crippen LogP) is 3.21. The molecule has 1 fully saturated rings. The number of ketones is 1. The number of hydrogen-bond acceptors (Lipinski definition) is 3. The number of nitrogens with two attached hydrogens (primary N) is 1. The summed E-state index contributed by atoms with van der Waals surface area (Å²) in [6, 6.07) is 4.59. The minimum atomic E-state index is -0.547. The summed E-state index contributed by atoms with van der Waals surface area (Å²) >= 11 is 3.31. The van der Waals surface area contributed by atoms with E-state index in [-0.39, 0.29) is 17.2 Å². The lowest BCUT2D eigenvalue weighted by atomic mass is 9.71. The Labute approximate surface area is 150 Å². The number of Topliss-reactive ketones (excluding diaryl/α,β-unsaturated/α-hetero) is 1. The molecule has 1 aliphatic rings. The monoisotopic (exact) mass is 392 g/mol. The molecule has 24 heavy (non-hydrogen) atoms. The summed E-state index contributed by atoms with van der Waals surface area (Å²) in [5, 5.41) is 0. The molecule has 2 N–H and O–H groups in total. The average Bonchev–Trinajstić information content (AvgIpc) is 2.46. The van der Waals surface area contributed by atoms with Crippen LogP contribution in [0, 0.1) is 5.41 Å². The number of anilines is 1. The Morgan fingerprint density at radius 2 is 2.08 bits per heavy atom. The van der Waals surface area contributed by atoms with Crippen LogP contribution in [0.15, 0.2) is 34.3 Å². The average molecular weight is 393 g/mol. The highest BCUT2D eigenvalue weighted by atomic mass is 79.9. The Morgan fingerprint density at radius 1 is 1.42 bits per heavy atom. The van der Waals surface area contributed by atoms with Crippen LogP contribution in [0.3, 0.4) is 0 Å². The summed E-state index contributed by atoms with van der Waals surface area (Å²) in [6.45, 7) is 5.87. The van der Waals surface area contributed by atoms with Gasteiger partial charge in [0.25, 0.3) is 0 Å². The van der Waals surface area contributed by atoms with Crippen molar-refractivity contribution < 1.29 is 14.4 Å². The number of allylic oxidation sites excluding steroid dienone is 1. The SMILES string of the molecule is C/C=C1\C(=O)CC(C)(C)CC1N(C=O)c1ccc(C(N)=O)c(Br)c1. The van der Waals surface area contributed by atoms with Crippen LogP contribution in [0.4, 0.5) is 5.69 Å². The van der Waals surface area contributed by atoms with Crippen LogP contribution < -0.4 is 10.6 Å². The molecule has 5 nitrogen and oxygen atoms in total. The highest BCUT2D eigenvalue weighted by molar-refractivity contribution is 9.10. The van der Waals surface area contributed by atoms with Gasteiger partial charge < -0.3 is 10.6 Å². The van der Waals surface area contributed by atoms with E-state index in [0.717, 1.165) is 6.41 Å². The number of nitrogens with zero attached hydrogens (tertiary/aromatic N) is 1. The van der Waals surface area contributed by atoms with E-state index >= 15 is 0 Å². The summed E-state index contributed by atoms with van der Waals surface area (Å²) in [5.74, 6) is -0.479. The smallest absolute Gasteiger partial charge is 0.249 e. The van der Waals surface area contributed by atoms with Crippen molar-refractivity contribution in [2.24, 2.45) is 11.1 Å². The van der Waals surface area contributed by atoms with Crippen LogP contribution >= 0.6 is 15.9 Å². The Kier molecular flexibility index (Phi) is 5.28. The first kappa shape index (κ1) is 18.4. The van der Waals surface area contributed by atoms with Gasteiger partial charge in [-0.25, -0.2) is 0 Å². The van der Waals surface area contributed by atoms with E-state index in [1.165, 1.54) is 0 Å². The minimum absolute atomic E-state index is 0.0680. The molecule has 1 aliphatic carbocycles. The summed E-state index contributed by atoms with van der Waals surface area (Å²) in [7, 11) is 0. The Balaban J connectivity index is 2.46. The van der Waals surface area contributed by atoms with Crippen molar-refractivity contribution in [3.63, 3.8) is 0 Å². The largest absolute Gasteiger partial charge is 0.366 e. The number of carbonyl (C=O) groups excluding carboxylic acids is 3. The molecule has 2 rings (SSSR count). The normalized spacial score (nSPS) is 21.6. The summed E-state index contributed by atoms with van der Waals surface area (Å²) in [6.07, 6.45) is 3.67. The maximum absolute atomic E-state index is 12.4. The van der Waals surface area contributed by atoms with Gasteiger partial charge in [0.1, 0.15) is 0 Å². The first-order valence-corrected chi connectivity index (χ1v) is 8.52. The molecule has 1 aromatic carbocycles. The zero-order valence-electron chi connectivity index (χ0n) is 14.0. The fourth-order valence-electron chi connectivity index (χ4n) is 3.21. The van der Waals surface area contributed by atoms with Crippen LogP contribution in [0.5, 0.6) is 0 Å². The number of carbonyl (C=O) groups is 3. The third-order valence-electron chi connectivity index (χ3n) is 4.34. The summed E-state index contributed by atoms with van der Waals surface area (Å²) in [5.41, 5.74) is 6.73. The van der Waals surface area contributed by atoms with E-state index in [4.69, 9.17) is 5.73 Å². The van der Waals surface area contributed by atoms with Gasteiger partial charge in [0, 0.05) is 22.2 Å². The van der Waals surface area contributed by atoms with E-state index in [0.29, 0.717) is 34.1 Å². The number of primary amides is 1. The first-order valence-electron chi connectivity index (χ1n) is 7.72. The second-order valence-electron chi connectivity index (χ2n) is 6.77. The quantitative estimate of drug-likeness (QED) is 0.630. The summed E-state index contributed by atoms with van der Waals surface area (Å²) < 4.78 is 0.516. The number of halogens is 1. The molecule has 0 saturated heterocycles. The van der Waals surface area contributed by atoms with E-state index in [1.807, 2.05) is 20.8 Å². The molecule has 0 aromatic heterocycles. The number of benzene rings is 1. The van der Waals surface area contributed by atoms with Gasteiger partial charge in [0.2, 0.25) is 12.3 Å². The minimum Gasteiger partial charge on any atom is -0.366 e. The Morgan fingerprint density at radius 3 is 2.58 bits per heavy atom. The van der Waals surface area contributed by atoms with Crippen molar-refractivity contribution >= 4 is 39.7 Å². The maximum atomic E-state index is 12.4. The molecular formula is C18H21BrN2O3. The number of rotatable bonds is 4. The summed E-state index contributed by atoms with van der Waals surface area (Å²) in [4.78, 5) is 37.1. The zero-order chi connectivity index (χ0) is 18.1. The van der Waals surface area contributed by atoms with Crippen LogP contribution in [-0.4, -0.2) is 24.1 Å². The molecule has 0 heterocycles. The number of hydrogen-bond donors (Lipinski definition) is 1. The van der Waals surface area contributed by atoms with Gasteiger partial charge in [0.05, 0.1) is 11.6 Å². The Hall–Kier alpha value is -1.95. The molecule has 128 valence electrons. The molecule has 1 saturated carbocycles. The van der Waals surface area contributed by atoms with Crippen molar-refractivity contribution in [3.8, 4) is 0 Å². The van der Waals surface area contributed by atoms with Gasteiger partial charge >= 0.3 is 0 Å². The van der Waals surface area contributed by atoms with Crippen molar-refractivity contribution in [2.75, 3.05) is 4.90 Å². The van der Waals surface area contributed by atoms with Crippen molar-refractivity contribution in [3.05, 3.63) is 39.9 Å². The van der Waals surface area contributed by atoms with Crippen molar-refractivity contribution in [1.82, 2.24) is 0 Å². The second kappa shape index (κ2) is 6.89. The van der Waals surface area contributed by atoms with Gasteiger partial charge in [0.15, 0.2) is 5.78 Å². The zero-order valence-corrected chi connectivity index (χ0v) is 15.6. The predicted molar refractivity (Wildman–Crippen MR) is 96.8 cm³/mol. The lowest BCUT2D eigenvalue weighted by molar-refractivity contribution is -0.119. The van der Waals surface area contributed by atoms with Gasteiger partial charge in [-0.2, -0.15) is 0 Å². The van der Waals surface area contributed by atoms with Gasteiger partial charge in [-0.15, -0.1) is 0 Å². The van der Waals surface area contributed by atoms with Crippen LogP contribution in [-0.2, 0) is 9.59 Å². The topological polar surface area (TPSA) is 80.5 Å². The van der Waals surface area contributed by atoms with E-state index in [1.54, 1.807) is 29.2 Å². The molecule has 0 spiro atoms. The first-order chi connectivity index (χ1) is 11.2. The van der Waals surface area contributed by atoms with Gasteiger partial charge in [-0.05, 0) is 52.9 Å². The molecule has 0 radical (unpaired) electrons. The van der Waals surface area contributed by atoms with Crippen LogP contribution in [0.2, 0.25) is 0 Å². The molecule has 6 heteroatoms. The molecule has 0 aliphatic heterocycles. The van der Waals surface area contributed by atoms with Gasteiger partial charge in [-0.3, -0.25) is 14.4 Å². The lowest BCUT2D eigenvalue weighted by Gasteiger charge is -2.40. The molecule has 1 atom stereocenters. The molecule has 1 unspecified atom stereocenters. The molecular weight excluding hydrogens is 372 g/mol. The van der Waals surface area contributed by atoms with Crippen LogP contribution in [0.25, 0.3) is 0 Å². The van der Waals surface area contributed by atoms with E-state index in [2.05, 4.69) is 15.9 Å².